The van der Waals surface area contributed by atoms with Crippen molar-refractivity contribution in [2.24, 2.45) is 23.5 Å². The molecule has 0 amide bonds. The first-order valence-corrected chi connectivity index (χ1v) is 6.30. The third-order valence-electron chi connectivity index (χ3n) is 2.90. The van der Waals surface area contributed by atoms with E-state index in [1.54, 1.807) is 0 Å². The fourth-order valence-corrected chi connectivity index (χ4v) is 1.87. The first kappa shape index (κ1) is 15.4. The Labute approximate surface area is 101 Å². The van der Waals surface area contributed by atoms with Crippen LogP contribution in [0.25, 0.3) is 0 Å². The van der Waals surface area contributed by atoms with Crippen LogP contribution in [0.15, 0.2) is 0 Å². The lowest BCUT2D eigenvalue weighted by Gasteiger charge is -2.29. The largest absolute Gasteiger partial charge is 0.330 e. The van der Waals surface area contributed by atoms with Crippen LogP contribution in [0, 0.1) is 29.1 Å². The molecule has 0 heterocycles. The average Bonchev–Trinajstić information content (AvgIpc) is 2.20. The number of nitriles is 1. The van der Waals surface area contributed by atoms with Crippen LogP contribution in [0.4, 0.5) is 0 Å². The Kier molecular flexibility index (Phi) is 8.23. The van der Waals surface area contributed by atoms with E-state index in [0.717, 1.165) is 26.2 Å². The first-order chi connectivity index (χ1) is 7.51. The minimum Gasteiger partial charge on any atom is -0.330 e. The summed E-state index contributed by atoms with van der Waals surface area (Å²) < 4.78 is 0. The molecule has 0 aromatic carbocycles. The molecule has 1 atom stereocenters. The van der Waals surface area contributed by atoms with Gasteiger partial charge in [0.05, 0.1) is 6.07 Å². The molecule has 0 rings (SSSR count). The second-order valence-electron chi connectivity index (χ2n) is 5.30. The van der Waals surface area contributed by atoms with Crippen molar-refractivity contribution in [2.75, 3.05) is 26.2 Å². The van der Waals surface area contributed by atoms with Gasteiger partial charge in [-0.2, -0.15) is 5.26 Å². The summed E-state index contributed by atoms with van der Waals surface area (Å²) in [7, 11) is 0. The van der Waals surface area contributed by atoms with Crippen LogP contribution < -0.4 is 5.73 Å². The van der Waals surface area contributed by atoms with Crippen LogP contribution in [0.5, 0.6) is 0 Å². The predicted octanol–water partition coefficient (Wildman–Crippen LogP) is 2.09. The molecule has 1 unspecified atom stereocenters. The van der Waals surface area contributed by atoms with Crippen molar-refractivity contribution in [1.82, 2.24) is 4.90 Å². The van der Waals surface area contributed by atoms with E-state index in [1.165, 1.54) is 0 Å². The minimum atomic E-state index is 0.539. The zero-order valence-corrected chi connectivity index (χ0v) is 11.2. The maximum Gasteiger partial charge on any atom is 0.0635 e. The van der Waals surface area contributed by atoms with Crippen LogP contribution in [0.2, 0.25) is 0 Å². The Bertz CT molecular complexity index is 206. The number of hydrogen-bond donors (Lipinski definition) is 1. The number of hydrogen-bond acceptors (Lipinski definition) is 3. The third-order valence-corrected chi connectivity index (χ3v) is 2.90. The third kappa shape index (κ3) is 6.81. The molecule has 0 aliphatic rings. The van der Waals surface area contributed by atoms with Gasteiger partial charge in [0.2, 0.25) is 0 Å². The lowest BCUT2D eigenvalue weighted by Crippen LogP contribution is -2.38. The van der Waals surface area contributed by atoms with Crippen LogP contribution in [0.3, 0.4) is 0 Å². The van der Waals surface area contributed by atoms with Gasteiger partial charge in [0, 0.05) is 26.1 Å². The van der Waals surface area contributed by atoms with Crippen molar-refractivity contribution in [2.45, 2.75) is 34.1 Å². The normalized spacial score (nSPS) is 13.4. The molecule has 0 aliphatic carbocycles. The van der Waals surface area contributed by atoms with Crippen LogP contribution >= 0.6 is 0 Å². The first-order valence-electron chi connectivity index (χ1n) is 6.30. The van der Waals surface area contributed by atoms with Crippen molar-refractivity contribution >= 4 is 0 Å². The fourth-order valence-electron chi connectivity index (χ4n) is 1.87. The van der Waals surface area contributed by atoms with E-state index >= 15 is 0 Å². The van der Waals surface area contributed by atoms with Gasteiger partial charge in [0.15, 0.2) is 0 Å². The lowest BCUT2D eigenvalue weighted by molar-refractivity contribution is 0.190. The summed E-state index contributed by atoms with van der Waals surface area (Å²) in [5, 5.41) is 8.65. The predicted molar refractivity (Wildman–Crippen MR) is 68.9 cm³/mol. The highest BCUT2D eigenvalue weighted by molar-refractivity contribution is 4.76. The monoisotopic (exact) mass is 225 g/mol. The van der Waals surface area contributed by atoms with Crippen molar-refractivity contribution in [3.8, 4) is 6.07 Å². The summed E-state index contributed by atoms with van der Waals surface area (Å²) in [6.45, 7) is 12.6. The smallest absolute Gasteiger partial charge is 0.0635 e. The van der Waals surface area contributed by atoms with E-state index in [4.69, 9.17) is 11.0 Å². The Morgan fingerprint density at radius 2 is 1.81 bits per heavy atom. The Morgan fingerprint density at radius 1 is 1.19 bits per heavy atom. The Hall–Kier alpha value is -0.590. The molecule has 0 aliphatic heterocycles. The zero-order chi connectivity index (χ0) is 12.6. The van der Waals surface area contributed by atoms with E-state index in [9.17, 15) is 0 Å². The molecule has 3 nitrogen and oxygen atoms in total. The number of nitrogens with zero attached hydrogens (tertiary/aromatic N) is 2. The van der Waals surface area contributed by atoms with Crippen LogP contribution in [-0.4, -0.2) is 31.1 Å². The maximum absolute atomic E-state index is 8.65. The fraction of sp³-hybridized carbons (Fsp3) is 0.923. The summed E-state index contributed by atoms with van der Waals surface area (Å²) in [5.41, 5.74) is 5.79. The minimum absolute atomic E-state index is 0.539. The van der Waals surface area contributed by atoms with Gasteiger partial charge in [0.25, 0.3) is 0 Å². The van der Waals surface area contributed by atoms with E-state index in [-0.39, 0.29) is 0 Å². The van der Waals surface area contributed by atoms with Crippen LogP contribution in [-0.2, 0) is 0 Å². The SMILES string of the molecule is CC(C)CN(CCC#N)CC(CN)C(C)C. The molecular weight excluding hydrogens is 198 g/mol. The Morgan fingerprint density at radius 3 is 2.19 bits per heavy atom. The summed E-state index contributed by atoms with van der Waals surface area (Å²) in [6, 6.07) is 2.22. The van der Waals surface area contributed by atoms with Crippen molar-refractivity contribution in [3.05, 3.63) is 0 Å². The van der Waals surface area contributed by atoms with Gasteiger partial charge >= 0.3 is 0 Å². The van der Waals surface area contributed by atoms with Crippen LogP contribution in [0.1, 0.15) is 34.1 Å². The second kappa shape index (κ2) is 8.55. The molecule has 0 saturated carbocycles. The quantitative estimate of drug-likeness (QED) is 0.688. The topological polar surface area (TPSA) is 53.0 Å². The summed E-state index contributed by atoms with van der Waals surface area (Å²) in [6.07, 6.45) is 0.613. The highest BCUT2D eigenvalue weighted by Gasteiger charge is 2.16. The van der Waals surface area contributed by atoms with Gasteiger partial charge in [-0.25, -0.2) is 0 Å². The highest BCUT2D eigenvalue weighted by Crippen LogP contribution is 2.12. The molecule has 0 aromatic rings. The van der Waals surface area contributed by atoms with E-state index < -0.39 is 0 Å². The second-order valence-corrected chi connectivity index (χ2v) is 5.30. The molecule has 94 valence electrons. The summed E-state index contributed by atoms with van der Waals surface area (Å²) >= 11 is 0. The lowest BCUT2D eigenvalue weighted by atomic mass is 9.95. The van der Waals surface area contributed by atoms with Crippen molar-refractivity contribution < 1.29 is 0 Å². The van der Waals surface area contributed by atoms with Gasteiger partial charge in [0.1, 0.15) is 0 Å². The maximum atomic E-state index is 8.65. The molecule has 3 heteroatoms. The van der Waals surface area contributed by atoms with Gasteiger partial charge in [-0.1, -0.05) is 27.7 Å². The van der Waals surface area contributed by atoms with Crippen molar-refractivity contribution in [1.29, 1.82) is 5.26 Å². The number of nitrogens with two attached hydrogens (primary N) is 1. The van der Waals surface area contributed by atoms with E-state index in [1.807, 2.05) is 0 Å². The summed E-state index contributed by atoms with van der Waals surface area (Å²) in [4.78, 5) is 2.38. The van der Waals surface area contributed by atoms with E-state index in [0.29, 0.717) is 24.2 Å². The zero-order valence-electron chi connectivity index (χ0n) is 11.2. The molecule has 16 heavy (non-hydrogen) atoms. The average molecular weight is 225 g/mol. The molecule has 0 fully saturated rings. The molecule has 0 saturated heterocycles. The number of rotatable bonds is 8. The van der Waals surface area contributed by atoms with Gasteiger partial charge in [-0.15, -0.1) is 0 Å². The van der Waals surface area contributed by atoms with Gasteiger partial charge in [-0.3, -0.25) is 0 Å². The van der Waals surface area contributed by atoms with Gasteiger partial charge < -0.3 is 10.6 Å². The molecule has 2 N–H and O–H groups in total. The molecule has 0 aromatic heterocycles. The highest BCUT2D eigenvalue weighted by atomic mass is 15.1. The summed E-state index contributed by atoms with van der Waals surface area (Å²) in [5.74, 6) is 1.79. The molecule has 0 bridgehead atoms. The molecule has 0 spiro atoms. The van der Waals surface area contributed by atoms with Crippen molar-refractivity contribution in [3.63, 3.8) is 0 Å². The Balaban J connectivity index is 4.22. The molecule has 0 radical (unpaired) electrons. The van der Waals surface area contributed by atoms with Gasteiger partial charge in [-0.05, 0) is 24.3 Å². The standard InChI is InChI=1S/C13H27N3/c1-11(2)9-16(7-5-6-14)10-13(8-15)12(3)4/h11-13H,5,7-10,15H2,1-4H3. The van der Waals surface area contributed by atoms with E-state index in [2.05, 4.69) is 38.7 Å². The molecular formula is C13H27N3.